The van der Waals surface area contributed by atoms with E-state index in [4.69, 9.17) is 4.74 Å². The maximum atomic E-state index is 13.1. The number of anilines is 1. The van der Waals surface area contributed by atoms with Crippen LogP contribution in [0.25, 0.3) is 11.1 Å². The van der Waals surface area contributed by atoms with Crippen molar-refractivity contribution in [2.75, 3.05) is 11.9 Å². The van der Waals surface area contributed by atoms with Crippen molar-refractivity contribution in [2.45, 2.75) is 18.3 Å². The van der Waals surface area contributed by atoms with Gasteiger partial charge in [-0.05, 0) is 58.0 Å². The predicted octanol–water partition coefficient (Wildman–Crippen LogP) is 4.70. The predicted molar refractivity (Wildman–Crippen MR) is 147 cm³/mol. The van der Waals surface area contributed by atoms with Gasteiger partial charge >= 0.3 is 17.9 Å². The van der Waals surface area contributed by atoms with Gasteiger partial charge in [-0.25, -0.2) is 0 Å². The summed E-state index contributed by atoms with van der Waals surface area (Å²) in [7, 11) is 0. The summed E-state index contributed by atoms with van der Waals surface area (Å²) in [6.45, 7) is -0.861. The fourth-order valence-electron chi connectivity index (χ4n) is 4.95. The van der Waals surface area contributed by atoms with Crippen molar-refractivity contribution < 1.29 is 34.1 Å². The van der Waals surface area contributed by atoms with Crippen LogP contribution in [0.5, 0.6) is 0 Å². The maximum absolute atomic E-state index is 13.1. The molecule has 1 amide bonds. The molecular formula is C32H25NO7. The zero-order valence-electron chi connectivity index (χ0n) is 21.3. The number of amides is 1. The van der Waals surface area contributed by atoms with Gasteiger partial charge in [0.15, 0.2) is 0 Å². The van der Waals surface area contributed by atoms with Crippen molar-refractivity contribution in [3.05, 3.63) is 125 Å². The summed E-state index contributed by atoms with van der Waals surface area (Å²) in [5.74, 6) is -4.28. The first kappa shape index (κ1) is 26.4. The molecule has 1 aliphatic rings. The maximum Gasteiger partial charge on any atom is 0.329 e. The molecule has 1 aliphatic carbocycles. The molecule has 0 saturated carbocycles. The number of nitrogens with one attached hydrogen (secondary N) is 1. The number of carboxylic acids is 2. The highest BCUT2D eigenvalue weighted by atomic mass is 16.5. The second kappa shape index (κ2) is 10.9. The van der Waals surface area contributed by atoms with Gasteiger partial charge in [-0.3, -0.25) is 19.2 Å². The number of hydrogen-bond donors (Lipinski definition) is 3. The van der Waals surface area contributed by atoms with Crippen LogP contribution in [0.4, 0.5) is 5.69 Å². The number of esters is 1. The zero-order valence-corrected chi connectivity index (χ0v) is 21.3. The van der Waals surface area contributed by atoms with E-state index in [1.54, 1.807) is 36.4 Å². The Kier molecular flexibility index (Phi) is 7.16. The van der Waals surface area contributed by atoms with E-state index >= 15 is 0 Å². The van der Waals surface area contributed by atoms with Gasteiger partial charge in [0.2, 0.25) is 5.41 Å². The summed E-state index contributed by atoms with van der Waals surface area (Å²) in [6, 6.07) is 27.7. The van der Waals surface area contributed by atoms with Crippen LogP contribution in [0, 0.1) is 0 Å². The van der Waals surface area contributed by atoms with Crippen LogP contribution in [0.15, 0.2) is 97.1 Å². The van der Waals surface area contributed by atoms with Gasteiger partial charge in [-0.1, -0.05) is 78.9 Å². The molecule has 200 valence electrons. The molecule has 40 heavy (non-hydrogen) atoms. The number of rotatable bonds is 9. The Morgan fingerprint density at radius 3 is 2.10 bits per heavy atom. The molecule has 0 spiro atoms. The van der Waals surface area contributed by atoms with E-state index in [0.717, 1.165) is 16.7 Å². The van der Waals surface area contributed by atoms with Gasteiger partial charge in [-0.15, -0.1) is 0 Å². The second-order valence-corrected chi connectivity index (χ2v) is 9.54. The minimum absolute atomic E-state index is 0.00386. The number of fused-ring (bicyclic) bond motifs is 3. The monoisotopic (exact) mass is 535 g/mol. The van der Waals surface area contributed by atoms with Crippen LogP contribution < -0.4 is 5.32 Å². The van der Waals surface area contributed by atoms with Crippen LogP contribution in [0.2, 0.25) is 0 Å². The molecule has 0 heterocycles. The van der Waals surface area contributed by atoms with Crippen molar-refractivity contribution in [1.82, 2.24) is 0 Å². The molecule has 0 atom stereocenters. The number of hydrogen-bond acceptors (Lipinski definition) is 5. The summed E-state index contributed by atoms with van der Waals surface area (Å²) in [5.41, 5.74) is 3.61. The van der Waals surface area contributed by atoms with Gasteiger partial charge in [0.25, 0.3) is 5.91 Å². The van der Waals surface area contributed by atoms with Crippen LogP contribution in [-0.2, 0) is 37.4 Å². The minimum atomic E-state index is -2.43. The Balaban J connectivity index is 1.23. The van der Waals surface area contributed by atoms with Crippen LogP contribution >= 0.6 is 0 Å². The van der Waals surface area contributed by atoms with E-state index in [-0.39, 0.29) is 17.9 Å². The van der Waals surface area contributed by atoms with Gasteiger partial charge in [-0.2, -0.15) is 0 Å². The quantitative estimate of drug-likeness (QED) is 0.184. The molecule has 0 unspecified atom stereocenters. The molecule has 0 aromatic heterocycles. The molecule has 0 saturated heterocycles. The topological polar surface area (TPSA) is 130 Å². The summed E-state index contributed by atoms with van der Waals surface area (Å²) in [4.78, 5) is 49.6. The largest absolute Gasteiger partial charge is 0.480 e. The molecule has 5 rings (SSSR count). The van der Waals surface area contributed by atoms with Crippen molar-refractivity contribution in [2.24, 2.45) is 0 Å². The lowest BCUT2D eigenvalue weighted by Gasteiger charge is -2.25. The minimum Gasteiger partial charge on any atom is -0.480 e. The van der Waals surface area contributed by atoms with Crippen molar-refractivity contribution in [3.8, 4) is 11.1 Å². The van der Waals surface area contributed by atoms with Gasteiger partial charge < -0.3 is 20.3 Å². The molecule has 0 radical (unpaired) electrons. The number of carbonyl (C=O) groups excluding carboxylic acids is 2. The first-order chi connectivity index (χ1) is 19.3. The van der Waals surface area contributed by atoms with E-state index in [2.05, 4.69) is 17.4 Å². The average molecular weight is 536 g/mol. The Morgan fingerprint density at radius 1 is 0.750 bits per heavy atom. The summed E-state index contributed by atoms with van der Waals surface area (Å²) in [6.07, 6.45) is 0.480. The number of ether oxygens (including phenoxy) is 1. The molecule has 8 heteroatoms. The number of aliphatic carboxylic acids is 2. The second-order valence-electron chi connectivity index (χ2n) is 9.54. The standard InChI is InChI=1S/C32H25NO7/c34-28(40-19-32(30(36)37,31(38)39)22-8-2-1-3-9-22)17-20-13-15-23(16-14-20)33-29(35)26-12-6-11-25-24-10-5-4-7-21(24)18-27(25)26/h1-16H,17-19H2,(H,33,35)(H,36,37)(H,38,39). The lowest BCUT2D eigenvalue weighted by Crippen LogP contribution is -2.48. The SMILES string of the molecule is O=C(Cc1ccc(NC(=O)c2cccc3c2Cc2ccccc2-3)cc1)OCC(C(=O)O)(C(=O)O)c1ccccc1. The number of benzene rings is 4. The van der Waals surface area contributed by atoms with E-state index in [9.17, 15) is 29.4 Å². The van der Waals surface area contributed by atoms with Gasteiger partial charge in [0, 0.05) is 11.3 Å². The molecule has 0 fully saturated rings. The summed E-state index contributed by atoms with van der Waals surface area (Å²) in [5, 5.41) is 22.3. The van der Waals surface area contributed by atoms with E-state index < -0.39 is 29.9 Å². The highest BCUT2D eigenvalue weighted by Gasteiger charge is 2.50. The molecular weight excluding hydrogens is 510 g/mol. The highest BCUT2D eigenvalue weighted by molar-refractivity contribution is 6.07. The summed E-state index contributed by atoms with van der Waals surface area (Å²) >= 11 is 0. The van der Waals surface area contributed by atoms with E-state index in [1.807, 2.05) is 24.3 Å². The first-order valence-corrected chi connectivity index (χ1v) is 12.6. The third kappa shape index (κ3) is 4.94. The smallest absolute Gasteiger partial charge is 0.329 e. The fraction of sp³-hybridized carbons (Fsp3) is 0.125. The molecule has 0 aliphatic heterocycles. The normalized spacial score (nSPS) is 11.7. The van der Waals surface area contributed by atoms with Crippen molar-refractivity contribution in [3.63, 3.8) is 0 Å². The Bertz CT molecular complexity index is 1600. The van der Waals surface area contributed by atoms with Crippen molar-refractivity contribution >= 4 is 29.5 Å². The Morgan fingerprint density at radius 2 is 1.40 bits per heavy atom. The third-order valence-electron chi connectivity index (χ3n) is 7.10. The molecule has 3 N–H and O–H groups in total. The molecule has 8 nitrogen and oxygen atoms in total. The molecule has 4 aromatic rings. The van der Waals surface area contributed by atoms with E-state index in [1.165, 1.54) is 29.8 Å². The summed E-state index contributed by atoms with van der Waals surface area (Å²) < 4.78 is 5.14. The number of carboxylic acid groups (broad SMARTS) is 2. The fourth-order valence-corrected chi connectivity index (χ4v) is 4.95. The van der Waals surface area contributed by atoms with E-state index in [0.29, 0.717) is 23.2 Å². The highest BCUT2D eigenvalue weighted by Crippen LogP contribution is 2.38. The van der Waals surface area contributed by atoms with Crippen LogP contribution in [0.3, 0.4) is 0 Å². The van der Waals surface area contributed by atoms with Crippen LogP contribution in [-0.4, -0.2) is 40.6 Å². The van der Waals surface area contributed by atoms with Gasteiger partial charge in [0.05, 0.1) is 6.42 Å². The molecule has 0 bridgehead atoms. The zero-order chi connectivity index (χ0) is 28.3. The number of carbonyl (C=O) groups is 4. The van der Waals surface area contributed by atoms with Gasteiger partial charge in [0.1, 0.15) is 6.61 Å². The lowest BCUT2D eigenvalue weighted by atomic mass is 9.81. The first-order valence-electron chi connectivity index (χ1n) is 12.6. The van der Waals surface area contributed by atoms with Crippen LogP contribution in [0.1, 0.15) is 32.6 Å². The Hall–Kier alpha value is -5.24. The molecule has 4 aromatic carbocycles. The third-order valence-corrected chi connectivity index (χ3v) is 7.10. The average Bonchev–Trinajstić information content (AvgIpc) is 3.33. The Labute approximate surface area is 229 Å². The lowest BCUT2D eigenvalue weighted by molar-refractivity contribution is -0.163. The van der Waals surface area contributed by atoms with Crippen molar-refractivity contribution in [1.29, 1.82) is 0 Å².